The highest BCUT2D eigenvalue weighted by molar-refractivity contribution is 6.30. The maximum Gasteiger partial charge on any atom is 0.328 e. The topological polar surface area (TPSA) is 55.4 Å². The van der Waals surface area contributed by atoms with E-state index in [2.05, 4.69) is 10.1 Å². The van der Waals surface area contributed by atoms with Crippen molar-refractivity contribution in [2.24, 2.45) is 0 Å². The summed E-state index contributed by atoms with van der Waals surface area (Å²) < 4.78 is 31.3. The molecule has 0 aliphatic heterocycles. The number of amides is 1. The molecule has 4 nitrogen and oxygen atoms in total. The van der Waals surface area contributed by atoms with Gasteiger partial charge in [0.05, 0.1) is 12.7 Å². The highest BCUT2D eigenvalue weighted by Crippen LogP contribution is 2.14. The molecule has 0 bridgehead atoms. The van der Waals surface area contributed by atoms with Crippen molar-refractivity contribution < 1.29 is 23.1 Å². The Morgan fingerprint density at radius 1 is 1.21 bits per heavy atom. The smallest absolute Gasteiger partial charge is 0.328 e. The molecule has 2 aromatic carbocycles. The van der Waals surface area contributed by atoms with E-state index in [4.69, 9.17) is 11.6 Å². The number of hydrogen-bond acceptors (Lipinski definition) is 3. The lowest BCUT2D eigenvalue weighted by Gasteiger charge is -2.17. The van der Waals surface area contributed by atoms with Crippen LogP contribution in [-0.4, -0.2) is 25.0 Å². The molecule has 1 atom stereocenters. The second-order valence-electron chi connectivity index (χ2n) is 5.01. The second kappa shape index (κ2) is 7.88. The van der Waals surface area contributed by atoms with Crippen LogP contribution in [-0.2, 0) is 16.0 Å². The number of rotatable bonds is 5. The van der Waals surface area contributed by atoms with Crippen molar-refractivity contribution in [2.45, 2.75) is 12.5 Å². The number of halogens is 3. The first-order valence-corrected chi connectivity index (χ1v) is 7.36. The van der Waals surface area contributed by atoms with Crippen LogP contribution in [0.25, 0.3) is 0 Å². The number of ether oxygens (including phenoxy) is 1. The molecular weight excluding hydrogens is 340 g/mol. The highest BCUT2D eigenvalue weighted by Gasteiger charge is 2.24. The van der Waals surface area contributed by atoms with E-state index in [0.29, 0.717) is 16.7 Å². The fraction of sp³-hybridized carbons (Fsp3) is 0.176. The molecule has 0 unspecified atom stereocenters. The Labute approximate surface area is 142 Å². The third kappa shape index (κ3) is 4.52. The van der Waals surface area contributed by atoms with Gasteiger partial charge in [-0.15, -0.1) is 0 Å². The number of esters is 1. The summed E-state index contributed by atoms with van der Waals surface area (Å²) in [6.07, 6.45) is 0.113. The van der Waals surface area contributed by atoms with E-state index in [-0.39, 0.29) is 12.0 Å². The van der Waals surface area contributed by atoms with Crippen LogP contribution >= 0.6 is 11.6 Å². The zero-order chi connectivity index (χ0) is 17.7. The van der Waals surface area contributed by atoms with E-state index in [1.807, 2.05) is 0 Å². The standard InChI is InChI=1S/C17H14ClF2NO3/c1-24-17(23)15(8-10-3-2-4-11(18)7-10)21-16(22)13-6-5-12(19)9-14(13)20/h2-7,9,15H,8H2,1H3,(H,21,22)/t15-/m0/s1. The highest BCUT2D eigenvalue weighted by atomic mass is 35.5. The molecule has 126 valence electrons. The fourth-order valence-corrected chi connectivity index (χ4v) is 2.36. The van der Waals surface area contributed by atoms with Crippen LogP contribution in [0, 0.1) is 11.6 Å². The van der Waals surface area contributed by atoms with E-state index in [1.165, 1.54) is 7.11 Å². The lowest BCUT2D eigenvalue weighted by atomic mass is 10.1. The number of carbonyl (C=O) groups is 2. The Morgan fingerprint density at radius 3 is 2.58 bits per heavy atom. The molecule has 0 fully saturated rings. The minimum absolute atomic E-state index is 0.113. The molecule has 1 amide bonds. The predicted molar refractivity (Wildman–Crippen MR) is 84.8 cm³/mol. The van der Waals surface area contributed by atoms with Gasteiger partial charge in [0.15, 0.2) is 0 Å². The van der Waals surface area contributed by atoms with E-state index in [1.54, 1.807) is 24.3 Å². The molecule has 2 aromatic rings. The lowest BCUT2D eigenvalue weighted by molar-refractivity contribution is -0.142. The molecular formula is C17H14ClF2NO3. The molecule has 0 spiro atoms. The van der Waals surface area contributed by atoms with E-state index in [9.17, 15) is 18.4 Å². The summed E-state index contributed by atoms with van der Waals surface area (Å²) in [5.74, 6) is -3.35. The van der Waals surface area contributed by atoms with Gasteiger partial charge in [-0.05, 0) is 29.8 Å². The zero-order valence-corrected chi connectivity index (χ0v) is 13.4. The van der Waals surface area contributed by atoms with Gasteiger partial charge in [-0.3, -0.25) is 4.79 Å². The van der Waals surface area contributed by atoms with Crippen molar-refractivity contribution in [3.63, 3.8) is 0 Å². The molecule has 2 rings (SSSR count). The molecule has 0 aliphatic carbocycles. The molecule has 7 heteroatoms. The monoisotopic (exact) mass is 353 g/mol. The first kappa shape index (κ1) is 17.9. The van der Waals surface area contributed by atoms with E-state index < -0.39 is 29.6 Å². The van der Waals surface area contributed by atoms with Crippen molar-refractivity contribution in [2.75, 3.05) is 7.11 Å². The summed E-state index contributed by atoms with van der Waals surface area (Å²) in [5, 5.41) is 2.87. The Bertz CT molecular complexity index is 767. The van der Waals surface area contributed by atoms with Crippen LogP contribution in [0.4, 0.5) is 8.78 Å². The van der Waals surface area contributed by atoms with Crippen LogP contribution < -0.4 is 5.32 Å². The maximum absolute atomic E-state index is 13.7. The normalized spacial score (nSPS) is 11.7. The number of benzene rings is 2. The number of methoxy groups -OCH3 is 1. The maximum atomic E-state index is 13.7. The van der Waals surface area contributed by atoms with Crippen molar-refractivity contribution in [1.29, 1.82) is 0 Å². The van der Waals surface area contributed by atoms with Gasteiger partial charge in [0, 0.05) is 17.5 Å². The summed E-state index contributed by atoms with van der Waals surface area (Å²) in [4.78, 5) is 24.0. The Morgan fingerprint density at radius 2 is 1.96 bits per heavy atom. The first-order valence-electron chi connectivity index (χ1n) is 6.99. The van der Waals surface area contributed by atoms with Crippen LogP contribution in [0.5, 0.6) is 0 Å². The van der Waals surface area contributed by atoms with Gasteiger partial charge in [0.1, 0.15) is 17.7 Å². The summed E-state index contributed by atoms with van der Waals surface area (Å²) in [6, 6.07) is 8.27. The van der Waals surface area contributed by atoms with Gasteiger partial charge >= 0.3 is 5.97 Å². The largest absolute Gasteiger partial charge is 0.467 e. The average Bonchev–Trinajstić information content (AvgIpc) is 2.53. The minimum Gasteiger partial charge on any atom is -0.467 e. The SMILES string of the molecule is COC(=O)[C@H](Cc1cccc(Cl)c1)NC(=O)c1ccc(F)cc1F. The number of carbonyl (C=O) groups excluding carboxylic acids is 2. The molecule has 0 aromatic heterocycles. The first-order chi connectivity index (χ1) is 11.4. The predicted octanol–water partition coefficient (Wildman–Crippen LogP) is 3.13. The quantitative estimate of drug-likeness (QED) is 0.840. The van der Waals surface area contributed by atoms with Crippen LogP contribution in [0.1, 0.15) is 15.9 Å². The summed E-state index contributed by atoms with van der Waals surface area (Å²) in [5.41, 5.74) is 0.328. The summed E-state index contributed by atoms with van der Waals surface area (Å²) in [6.45, 7) is 0. The second-order valence-corrected chi connectivity index (χ2v) is 5.44. The van der Waals surface area contributed by atoms with Crippen molar-refractivity contribution >= 4 is 23.5 Å². The summed E-state index contributed by atoms with van der Waals surface area (Å²) in [7, 11) is 1.18. The molecule has 0 saturated carbocycles. The molecule has 1 N–H and O–H groups in total. The van der Waals surface area contributed by atoms with Gasteiger partial charge in [0.2, 0.25) is 0 Å². The molecule has 0 saturated heterocycles. The average molecular weight is 354 g/mol. The molecule has 0 aliphatic rings. The van der Waals surface area contributed by atoms with Gasteiger partial charge in [-0.2, -0.15) is 0 Å². The van der Waals surface area contributed by atoms with E-state index >= 15 is 0 Å². The third-order valence-corrected chi connectivity index (χ3v) is 3.53. The van der Waals surface area contributed by atoms with E-state index in [0.717, 1.165) is 12.1 Å². The molecule has 24 heavy (non-hydrogen) atoms. The number of hydrogen-bond donors (Lipinski definition) is 1. The Kier molecular flexibility index (Phi) is 5.87. The zero-order valence-electron chi connectivity index (χ0n) is 12.7. The molecule has 0 radical (unpaired) electrons. The van der Waals surface area contributed by atoms with Crippen LogP contribution in [0.2, 0.25) is 5.02 Å². The van der Waals surface area contributed by atoms with Crippen LogP contribution in [0.15, 0.2) is 42.5 Å². The van der Waals surface area contributed by atoms with Crippen molar-refractivity contribution in [3.8, 4) is 0 Å². The third-order valence-electron chi connectivity index (χ3n) is 3.30. The van der Waals surface area contributed by atoms with Gasteiger partial charge in [0.25, 0.3) is 5.91 Å². The van der Waals surface area contributed by atoms with Gasteiger partial charge in [-0.1, -0.05) is 23.7 Å². The van der Waals surface area contributed by atoms with Crippen LogP contribution in [0.3, 0.4) is 0 Å². The fourth-order valence-electron chi connectivity index (χ4n) is 2.14. The van der Waals surface area contributed by atoms with Crippen molar-refractivity contribution in [1.82, 2.24) is 5.32 Å². The lowest BCUT2D eigenvalue weighted by Crippen LogP contribution is -2.43. The Hall–Kier alpha value is -2.47. The minimum atomic E-state index is -1.04. The van der Waals surface area contributed by atoms with Gasteiger partial charge < -0.3 is 10.1 Å². The number of nitrogens with one attached hydrogen (secondary N) is 1. The van der Waals surface area contributed by atoms with Gasteiger partial charge in [-0.25, -0.2) is 13.6 Å². The Balaban J connectivity index is 2.19. The molecule has 0 heterocycles. The summed E-state index contributed by atoms with van der Waals surface area (Å²) >= 11 is 5.89. The van der Waals surface area contributed by atoms with Crippen molar-refractivity contribution in [3.05, 3.63) is 70.2 Å².